The standard InChI is InChI=1S/C23H23ClN6O2S2/c1-15-6-7-17(24)11-19(15)30-21(16-5-3-8-25-12-16)28-29-23(30)34-14-20-27-18(13-33-20)22(31)26-9-4-10-32-2/h3,5-8,11-13H,4,9-10,14H2,1-2H3,(H,26,31). The fourth-order valence-corrected chi connectivity index (χ4v) is 5.11. The molecule has 11 heteroatoms. The lowest BCUT2D eigenvalue weighted by Gasteiger charge is -2.13. The lowest BCUT2D eigenvalue weighted by molar-refractivity contribution is 0.0944. The van der Waals surface area contributed by atoms with E-state index in [0.29, 0.717) is 40.6 Å². The van der Waals surface area contributed by atoms with Crippen LogP contribution in [0, 0.1) is 6.92 Å². The maximum absolute atomic E-state index is 12.3. The summed E-state index contributed by atoms with van der Waals surface area (Å²) in [7, 11) is 1.64. The Morgan fingerprint density at radius 2 is 2.18 bits per heavy atom. The van der Waals surface area contributed by atoms with Crippen molar-refractivity contribution in [2.45, 2.75) is 24.3 Å². The Kier molecular flexibility index (Phi) is 8.28. The minimum absolute atomic E-state index is 0.180. The molecule has 0 aliphatic rings. The minimum atomic E-state index is -0.180. The summed E-state index contributed by atoms with van der Waals surface area (Å²) in [5.41, 5.74) is 3.20. The molecule has 176 valence electrons. The second-order valence-corrected chi connectivity index (χ2v) is 9.65. The lowest BCUT2D eigenvalue weighted by atomic mass is 10.2. The van der Waals surface area contributed by atoms with E-state index >= 15 is 0 Å². The van der Waals surface area contributed by atoms with Gasteiger partial charge in [-0.1, -0.05) is 29.4 Å². The third-order valence-corrected chi connectivity index (χ3v) is 7.09. The van der Waals surface area contributed by atoms with E-state index in [-0.39, 0.29) is 5.91 Å². The number of pyridine rings is 1. The quantitative estimate of drug-likeness (QED) is 0.240. The van der Waals surface area contributed by atoms with Crippen molar-refractivity contribution in [2.24, 2.45) is 0 Å². The molecule has 1 N–H and O–H groups in total. The summed E-state index contributed by atoms with van der Waals surface area (Å²) in [5.74, 6) is 1.04. The van der Waals surface area contributed by atoms with E-state index < -0.39 is 0 Å². The summed E-state index contributed by atoms with van der Waals surface area (Å²) in [5, 5.41) is 15.7. The van der Waals surface area contributed by atoms with E-state index in [0.717, 1.165) is 28.2 Å². The molecule has 0 bridgehead atoms. The zero-order valence-electron chi connectivity index (χ0n) is 18.7. The molecule has 1 amide bonds. The van der Waals surface area contributed by atoms with E-state index in [2.05, 4.69) is 25.5 Å². The predicted octanol–water partition coefficient (Wildman–Crippen LogP) is 4.81. The maximum Gasteiger partial charge on any atom is 0.270 e. The number of halogens is 1. The number of hydrogen-bond donors (Lipinski definition) is 1. The number of carbonyl (C=O) groups excluding carboxylic acids is 1. The third-order valence-electron chi connectivity index (χ3n) is 4.89. The van der Waals surface area contributed by atoms with Crippen LogP contribution < -0.4 is 5.32 Å². The van der Waals surface area contributed by atoms with Crippen LogP contribution in [-0.2, 0) is 10.5 Å². The molecule has 8 nitrogen and oxygen atoms in total. The normalized spacial score (nSPS) is 11.0. The molecular formula is C23H23ClN6O2S2. The fourth-order valence-electron chi connectivity index (χ4n) is 3.20. The van der Waals surface area contributed by atoms with Gasteiger partial charge in [-0.2, -0.15) is 0 Å². The van der Waals surface area contributed by atoms with Crippen molar-refractivity contribution in [1.82, 2.24) is 30.0 Å². The topological polar surface area (TPSA) is 94.8 Å². The molecule has 3 heterocycles. The van der Waals surface area contributed by atoms with Crippen molar-refractivity contribution in [3.63, 3.8) is 0 Å². The molecule has 0 saturated heterocycles. The number of nitrogens with zero attached hydrogens (tertiary/aromatic N) is 5. The van der Waals surface area contributed by atoms with Crippen LogP contribution in [0.15, 0.2) is 53.3 Å². The highest BCUT2D eigenvalue weighted by atomic mass is 35.5. The van der Waals surface area contributed by atoms with Gasteiger partial charge in [-0.05, 0) is 43.2 Å². The van der Waals surface area contributed by atoms with Crippen molar-refractivity contribution in [1.29, 1.82) is 0 Å². The first-order chi connectivity index (χ1) is 16.6. The van der Waals surface area contributed by atoms with E-state index in [4.69, 9.17) is 16.3 Å². The van der Waals surface area contributed by atoms with E-state index in [1.54, 1.807) is 24.9 Å². The Morgan fingerprint density at radius 1 is 1.29 bits per heavy atom. The molecule has 1 aromatic carbocycles. The number of amides is 1. The van der Waals surface area contributed by atoms with Crippen LogP contribution in [0.4, 0.5) is 0 Å². The van der Waals surface area contributed by atoms with E-state index in [9.17, 15) is 4.79 Å². The van der Waals surface area contributed by atoms with Gasteiger partial charge in [0.15, 0.2) is 11.0 Å². The average molecular weight is 515 g/mol. The van der Waals surface area contributed by atoms with Crippen molar-refractivity contribution in [2.75, 3.05) is 20.3 Å². The number of carbonyl (C=O) groups is 1. The molecule has 4 aromatic rings. The van der Waals surface area contributed by atoms with Crippen molar-refractivity contribution < 1.29 is 9.53 Å². The first kappa shape index (κ1) is 24.3. The van der Waals surface area contributed by atoms with Gasteiger partial charge in [0.2, 0.25) is 0 Å². The van der Waals surface area contributed by atoms with Crippen LogP contribution in [0.25, 0.3) is 17.1 Å². The monoisotopic (exact) mass is 514 g/mol. The zero-order chi connectivity index (χ0) is 23.9. The fraction of sp³-hybridized carbons (Fsp3) is 0.261. The number of aryl methyl sites for hydroxylation is 1. The molecule has 0 fully saturated rings. The van der Waals surface area contributed by atoms with Crippen LogP contribution in [-0.4, -0.2) is 50.9 Å². The third kappa shape index (κ3) is 5.82. The molecule has 0 atom stereocenters. The Bertz CT molecular complexity index is 1260. The Balaban J connectivity index is 1.55. The van der Waals surface area contributed by atoms with Crippen LogP contribution >= 0.6 is 34.7 Å². The van der Waals surface area contributed by atoms with Gasteiger partial charge in [0.05, 0.1) is 11.4 Å². The number of hydrogen-bond acceptors (Lipinski definition) is 8. The second-order valence-electron chi connectivity index (χ2n) is 7.33. The molecular weight excluding hydrogens is 492 g/mol. The van der Waals surface area contributed by atoms with Crippen molar-refractivity contribution >= 4 is 40.6 Å². The Morgan fingerprint density at radius 3 is 2.97 bits per heavy atom. The summed E-state index contributed by atoms with van der Waals surface area (Å²) in [6.45, 7) is 3.17. The van der Waals surface area contributed by atoms with Gasteiger partial charge < -0.3 is 10.1 Å². The number of methoxy groups -OCH3 is 1. The largest absolute Gasteiger partial charge is 0.385 e. The molecule has 0 aliphatic carbocycles. The first-order valence-electron chi connectivity index (χ1n) is 10.5. The van der Waals surface area contributed by atoms with Crippen LogP contribution in [0.1, 0.15) is 27.5 Å². The molecule has 0 aliphatic heterocycles. The summed E-state index contributed by atoms with van der Waals surface area (Å²) < 4.78 is 6.99. The number of ether oxygens (including phenoxy) is 1. The molecule has 0 spiro atoms. The van der Waals surface area contributed by atoms with Crippen LogP contribution in [0.3, 0.4) is 0 Å². The molecule has 4 rings (SSSR count). The second kappa shape index (κ2) is 11.6. The Labute approximate surface area is 210 Å². The number of thiazole rings is 1. The van der Waals surface area contributed by atoms with Gasteiger partial charge in [-0.15, -0.1) is 21.5 Å². The highest BCUT2D eigenvalue weighted by Gasteiger charge is 2.19. The van der Waals surface area contributed by atoms with Crippen molar-refractivity contribution in [3.8, 4) is 17.1 Å². The molecule has 3 aromatic heterocycles. The Hall–Kier alpha value is -2.79. The lowest BCUT2D eigenvalue weighted by Crippen LogP contribution is -2.25. The van der Waals surface area contributed by atoms with E-state index in [1.807, 2.05) is 41.8 Å². The predicted molar refractivity (Wildman–Crippen MR) is 135 cm³/mol. The van der Waals surface area contributed by atoms with Crippen molar-refractivity contribution in [3.05, 3.63) is 69.4 Å². The summed E-state index contributed by atoms with van der Waals surface area (Å²) in [6.07, 6.45) is 4.23. The van der Waals surface area contributed by atoms with Gasteiger partial charge in [0, 0.05) is 48.6 Å². The molecule has 0 unspecified atom stereocenters. The summed E-state index contributed by atoms with van der Waals surface area (Å²) in [6, 6.07) is 9.54. The number of thioether (sulfide) groups is 1. The van der Waals surface area contributed by atoms with Gasteiger partial charge >= 0.3 is 0 Å². The zero-order valence-corrected chi connectivity index (χ0v) is 21.1. The average Bonchev–Trinajstić information content (AvgIpc) is 3.50. The van der Waals surface area contributed by atoms with Crippen LogP contribution in [0.2, 0.25) is 5.02 Å². The molecule has 0 radical (unpaired) electrons. The van der Waals surface area contributed by atoms with Gasteiger partial charge in [-0.25, -0.2) is 4.98 Å². The smallest absolute Gasteiger partial charge is 0.270 e. The SMILES string of the molecule is COCCCNC(=O)c1csc(CSc2nnc(-c3cccnc3)n2-c2cc(Cl)ccc2C)n1. The first-order valence-corrected chi connectivity index (χ1v) is 12.8. The minimum Gasteiger partial charge on any atom is -0.385 e. The maximum atomic E-state index is 12.3. The number of benzene rings is 1. The number of nitrogens with one attached hydrogen (secondary N) is 1. The molecule has 0 saturated carbocycles. The molecule has 34 heavy (non-hydrogen) atoms. The van der Waals surface area contributed by atoms with Gasteiger partial charge in [0.25, 0.3) is 5.91 Å². The number of rotatable bonds is 10. The van der Waals surface area contributed by atoms with Crippen LogP contribution in [0.5, 0.6) is 0 Å². The highest BCUT2D eigenvalue weighted by Crippen LogP contribution is 2.32. The summed E-state index contributed by atoms with van der Waals surface area (Å²) in [4.78, 5) is 21.0. The van der Waals surface area contributed by atoms with Gasteiger partial charge in [0.1, 0.15) is 10.7 Å². The number of aromatic nitrogens is 5. The highest BCUT2D eigenvalue weighted by molar-refractivity contribution is 7.98. The van der Waals surface area contributed by atoms with E-state index in [1.165, 1.54) is 23.1 Å². The summed E-state index contributed by atoms with van der Waals surface area (Å²) >= 11 is 9.26. The van der Waals surface area contributed by atoms with Gasteiger partial charge in [-0.3, -0.25) is 14.3 Å².